The summed E-state index contributed by atoms with van der Waals surface area (Å²) >= 11 is 0. The number of hydrogen-bond donors (Lipinski definition) is 0. The van der Waals surface area contributed by atoms with Crippen molar-refractivity contribution < 1.29 is 9.53 Å². The van der Waals surface area contributed by atoms with Crippen LogP contribution in [-0.4, -0.2) is 38.1 Å². The van der Waals surface area contributed by atoms with E-state index in [1.54, 1.807) is 0 Å². The summed E-state index contributed by atoms with van der Waals surface area (Å²) in [6.45, 7) is 8.59. The second-order valence-electron chi connectivity index (χ2n) is 5.65. The van der Waals surface area contributed by atoms with Crippen LogP contribution in [0.1, 0.15) is 27.2 Å². The minimum Gasteiger partial charge on any atom is -0.469 e. The fourth-order valence-corrected chi connectivity index (χ4v) is 2.43. The van der Waals surface area contributed by atoms with E-state index in [4.69, 9.17) is 4.74 Å². The fraction of sp³-hybridized carbons (Fsp3) is 0.917. The van der Waals surface area contributed by atoms with E-state index in [-0.39, 0.29) is 17.3 Å². The molecule has 15 heavy (non-hydrogen) atoms. The molecule has 0 saturated carbocycles. The number of carbonyl (C=O) groups excluding carboxylic acids is 1. The Morgan fingerprint density at radius 1 is 1.40 bits per heavy atom. The van der Waals surface area contributed by atoms with Gasteiger partial charge in [0, 0.05) is 6.54 Å². The maximum absolute atomic E-state index is 11.7. The van der Waals surface area contributed by atoms with E-state index in [2.05, 4.69) is 32.7 Å². The van der Waals surface area contributed by atoms with Crippen molar-refractivity contribution >= 4 is 5.97 Å². The van der Waals surface area contributed by atoms with Crippen molar-refractivity contribution in [2.75, 3.05) is 27.2 Å². The highest BCUT2D eigenvalue weighted by Gasteiger charge is 2.40. The Morgan fingerprint density at radius 3 is 2.47 bits per heavy atom. The summed E-state index contributed by atoms with van der Waals surface area (Å²) in [6.07, 6.45) is 0.922. The predicted molar refractivity (Wildman–Crippen MR) is 60.6 cm³/mol. The lowest BCUT2D eigenvalue weighted by Gasteiger charge is -2.42. The molecule has 0 amide bonds. The van der Waals surface area contributed by atoms with Gasteiger partial charge in [-0.2, -0.15) is 0 Å². The van der Waals surface area contributed by atoms with Crippen molar-refractivity contribution in [3.8, 4) is 0 Å². The molecule has 1 heterocycles. The number of likely N-dealkylation sites (tertiary alicyclic amines) is 1. The first kappa shape index (κ1) is 12.5. The summed E-state index contributed by atoms with van der Waals surface area (Å²) in [5, 5.41) is 0. The number of methoxy groups -OCH3 is 1. The number of hydrogen-bond acceptors (Lipinski definition) is 3. The maximum atomic E-state index is 11.7. The van der Waals surface area contributed by atoms with Crippen LogP contribution < -0.4 is 0 Å². The third-order valence-electron chi connectivity index (χ3n) is 3.43. The molecular weight excluding hydrogens is 190 g/mol. The van der Waals surface area contributed by atoms with E-state index in [9.17, 15) is 4.79 Å². The molecule has 88 valence electrons. The van der Waals surface area contributed by atoms with Gasteiger partial charge in [0.1, 0.15) is 0 Å². The lowest BCUT2D eigenvalue weighted by atomic mass is 9.70. The molecule has 0 N–H and O–H groups in total. The largest absolute Gasteiger partial charge is 0.469 e. The van der Waals surface area contributed by atoms with Gasteiger partial charge < -0.3 is 9.64 Å². The van der Waals surface area contributed by atoms with Crippen LogP contribution in [0.15, 0.2) is 0 Å². The molecule has 0 aliphatic carbocycles. The van der Waals surface area contributed by atoms with E-state index < -0.39 is 0 Å². The highest BCUT2D eigenvalue weighted by atomic mass is 16.5. The van der Waals surface area contributed by atoms with E-state index in [0.29, 0.717) is 5.92 Å². The van der Waals surface area contributed by atoms with Gasteiger partial charge in [-0.25, -0.2) is 0 Å². The Kier molecular flexibility index (Phi) is 3.77. The number of carbonyl (C=O) groups is 1. The minimum atomic E-state index is -0.0389. The molecule has 3 heteroatoms. The fourth-order valence-electron chi connectivity index (χ4n) is 2.43. The van der Waals surface area contributed by atoms with Crippen LogP contribution in [0.5, 0.6) is 0 Å². The van der Waals surface area contributed by atoms with Crippen molar-refractivity contribution in [2.45, 2.75) is 27.2 Å². The van der Waals surface area contributed by atoms with Crippen molar-refractivity contribution in [2.24, 2.45) is 17.3 Å². The topological polar surface area (TPSA) is 29.5 Å². The van der Waals surface area contributed by atoms with Crippen molar-refractivity contribution in [1.82, 2.24) is 4.90 Å². The standard InChI is InChI=1S/C12H23NO2/c1-12(2,3)10-8-13(4)7-6-9(10)11(14)15-5/h9-10H,6-8H2,1-5H3. The highest BCUT2D eigenvalue weighted by molar-refractivity contribution is 5.73. The van der Waals surface area contributed by atoms with Crippen LogP contribution in [-0.2, 0) is 9.53 Å². The summed E-state index contributed by atoms with van der Waals surface area (Å²) in [6, 6.07) is 0. The number of ether oxygens (including phenoxy) is 1. The van der Waals surface area contributed by atoms with E-state index in [0.717, 1.165) is 19.5 Å². The quantitative estimate of drug-likeness (QED) is 0.622. The Balaban J connectivity index is 2.80. The Labute approximate surface area is 92.8 Å². The summed E-state index contributed by atoms with van der Waals surface area (Å²) in [5.74, 6) is 0.429. The summed E-state index contributed by atoms with van der Waals surface area (Å²) in [7, 11) is 3.60. The van der Waals surface area contributed by atoms with Gasteiger partial charge in [0.05, 0.1) is 13.0 Å². The molecular formula is C12H23NO2. The van der Waals surface area contributed by atoms with Gasteiger partial charge in [-0.1, -0.05) is 20.8 Å². The van der Waals surface area contributed by atoms with E-state index in [1.807, 2.05) is 0 Å². The van der Waals surface area contributed by atoms with Gasteiger partial charge >= 0.3 is 5.97 Å². The first-order chi connectivity index (χ1) is 6.86. The average Bonchev–Trinajstić information content (AvgIpc) is 2.15. The summed E-state index contributed by atoms with van der Waals surface area (Å²) in [4.78, 5) is 14.0. The lowest BCUT2D eigenvalue weighted by Crippen LogP contribution is -2.46. The molecule has 0 spiro atoms. The Morgan fingerprint density at radius 2 is 2.00 bits per heavy atom. The first-order valence-corrected chi connectivity index (χ1v) is 5.62. The first-order valence-electron chi connectivity index (χ1n) is 5.62. The molecule has 3 nitrogen and oxygen atoms in total. The Hall–Kier alpha value is -0.570. The van der Waals surface area contributed by atoms with Crippen LogP contribution >= 0.6 is 0 Å². The lowest BCUT2D eigenvalue weighted by molar-refractivity contribution is -0.151. The number of esters is 1. The molecule has 1 rings (SSSR count). The zero-order valence-corrected chi connectivity index (χ0v) is 10.5. The van der Waals surface area contributed by atoms with E-state index >= 15 is 0 Å². The second-order valence-corrected chi connectivity index (χ2v) is 5.65. The number of piperidine rings is 1. The number of nitrogens with zero attached hydrogens (tertiary/aromatic N) is 1. The van der Waals surface area contributed by atoms with Gasteiger partial charge in [-0.15, -0.1) is 0 Å². The smallest absolute Gasteiger partial charge is 0.309 e. The monoisotopic (exact) mass is 213 g/mol. The van der Waals surface area contributed by atoms with Crippen LogP contribution in [0.4, 0.5) is 0 Å². The normalized spacial score (nSPS) is 28.9. The minimum absolute atomic E-state index is 0.0389. The molecule has 2 unspecified atom stereocenters. The van der Waals surface area contributed by atoms with Gasteiger partial charge in [0.2, 0.25) is 0 Å². The van der Waals surface area contributed by atoms with Crippen molar-refractivity contribution in [3.63, 3.8) is 0 Å². The summed E-state index contributed by atoms with van der Waals surface area (Å²) < 4.78 is 4.89. The molecule has 2 atom stereocenters. The SMILES string of the molecule is COC(=O)C1CCN(C)CC1C(C)(C)C. The molecule has 0 radical (unpaired) electrons. The zero-order valence-electron chi connectivity index (χ0n) is 10.5. The molecule has 1 aliphatic heterocycles. The molecule has 1 aliphatic rings. The number of rotatable bonds is 1. The average molecular weight is 213 g/mol. The van der Waals surface area contributed by atoms with Crippen molar-refractivity contribution in [3.05, 3.63) is 0 Å². The predicted octanol–water partition coefficient (Wildman–Crippen LogP) is 1.77. The van der Waals surface area contributed by atoms with Gasteiger partial charge in [0.25, 0.3) is 0 Å². The van der Waals surface area contributed by atoms with Gasteiger partial charge in [-0.05, 0) is 31.3 Å². The van der Waals surface area contributed by atoms with Crippen molar-refractivity contribution in [1.29, 1.82) is 0 Å². The molecule has 0 aromatic carbocycles. The van der Waals surface area contributed by atoms with Crippen LogP contribution in [0.25, 0.3) is 0 Å². The molecule has 0 bridgehead atoms. The molecule has 0 aromatic rings. The second kappa shape index (κ2) is 4.52. The highest BCUT2D eigenvalue weighted by Crippen LogP contribution is 2.37. The van der Waals surface area contributed by atoms with Crippen LogP contribution in [0.2, 0.25) is 0 Å². The van der Waals surface area contributed by atoms with Crippen LogP contribution in [0, 0.1) is 17.3 Å². The van der Waals surface area contributed by atoms with Gasteiger partial charge in [0.15, 0.2) is 0 Å². The van der Waals surface area contributed by atoms with Gasteiger partial charge in [-0.3, -0.25) is 4.79 Å². The zero-order chi connectivity index (χ0) is 11.6. The summed E-state index contributed by atoms with van der Waals surface area (Å²) in [5.41, 5.74) is 0.160. The molecule has 1 fully saturated rings. The maximum Gasteiger partial charge on any atom is 0.309 e. The molecule has 1 saturated heterocycles. The third kappa shape index (κ3) is 2.94. The Bertz CT molecular complexity index is 232. The third-order valence-corrected chi connectivity index (χ3v) is 3.43. The molecule has 0 aromatic heterocycles. The van der Waals surface area contributed by atoms with E-state index in [1.165, 1.54) is 7.11 Å². The van der Waals surface area contributed by atoms with Crippen LogP contribution in [0.3, 0.4) is 0 Å².